The minimum atomic E-state index is -4.53. The van der Waals surface area contributed by atoms with Gasteiger partial charge in [0.05, 0.1) is 17.0 Å². The molecule has 2 heterocycles. The van der Waals surface area contributed by atoms with Crippen LogP contribution in [0, 0.1) is 6.92 Å². The summed E-state index contributed by atoms with van der Waals surface area (Å²) in [4.78, 5) is 23.6. The number of anilines is 1. The molecule has 174 valence electrons. The monoisotopic (exact) mass is 488 g/mol. The minimum absolute atomic E-state index is 0.0289. The lowest BCUT2D eigenvalue weighted by atomic mass is 10.0. The molecule has 0 aliphatic carbocycles. The summed E-state index contributed by atoms with van der Waals surface area (Å²) >= 11 is 12.1. The average Bonchev–Trinajstić information content (AvgIpc) is 2.65. The van der Waals surface area contributed by atoms with Gasteiger partial charge in [-0.1, -0.05) is 24.6 Å². The zero-order valence-corrected chi connectivity index (χ0v) is 19.4. The Kier molecular flexibility index (Phi) is 8.01. The lowest BCUT2D eigenvalue weighted by molar-refractivity contribution is -0.137. The Bertz CT molecular complexity index is 971. The molecule has 2 atom stereocenters. The molecule has 3 rings (SSSR count). The number of likely N-dealkylation sites (N-methyl/N-ethyl adjacent to an activating group) is 1. The number of hydrogen-bond donors (Lipinski definition) is 1. The number of hydrogen-bond acceptors (Lipinski definition) is 5. The van der Waals surface area contributed by atoms with Gasteiger partial charge in [-0.15, -0.1) is 11.6 Å². The molecule has 2 aromatic rings. The van der Waals surface area contributed by atoms with Gasteiger partial charge in [0.1, 0.15) is 17.4 Å². The van der Waals surface area contributed by atoms with Crippen molar-refractivity contribution in [2.45, 2.75) is 50.7 Å². The van der Waals surface area contributed by atoms with Crippen molar-refractivity contribution in [3.8, 4) is 0 Å². The molecular formula is C22H25Cl2F3N4O. The summed E-state index contributed by atoms with van der Waals surface area (Å²) in [6, 6.07) is 5.29. The molecule has 1 aromatic heterocycles. The van der Waals surface area contributed by atoms with E-state index >= 15 is 0 Å². The summed E-state index contributed by atoms with van der Waals surface area (Å²) in [5.74, 6) is 0.777. The van der Waals surface area contributed by atoms with Crippen LogP contribution in [0.25, 0.3) is 0 Å². The number of rotatable bonds is 7. The lowest BCUT2D eigenvalue weighted by Crippen LogP contribution is -2.46. The summed E-state index contributed by atoms with van der Waals surface area (Å²) in [6.07, 6.45) is -3.81. The number of Topliss-reactive ketones (excluding diaryl/α,β-unsaturated/α-hetero) is 1. The van der Waals surface area contributed by atoms with Crippen molar-refractivity contribution < 1.29 is 18.0 Å². The highest BCUT2D eigenvalue weighted by Gasteiger charge is 2.33. The van der Waals surface area contributed by atoms with E-state index in [9.17, 15) is 18.0 Å². The van der Waals surface area contributed by atoms with Crippen molar-refractivity contribution in [1.82, 2.24) is 14.9 Å². The molecule has 0 bridgehead atoms. The molecule has 1 aliphatic rings. The standard InChI is InChI=1S/C22H25Cl2F3N4O/c1-3-31-11-15(23)9-16(12-31)29-20-6-13(2)28-21(30-20)10-17(32)7-14-4-5-18(19(24)8-14)22(25,26)27/h4-6,8,15-16H,3,7,9-12H2,1-2H3,(H,28,29,30). The van der Waals surface area contributed by atoms with Crippen molar-refractivity contribution in [2.24, 2.45) is 0 Å². The number of ketones is 1. The number of benzene rings is 1. The smallest absolute Gasteiger partial charge is 0.366 e. The Morgan fingerprint density at radius 1 is 1.22 bits per heavy atom. The third-order valence-corrected chi connectivity index (χ3v) is 5.90. The van der Waals surface area contributed by atoms with Crippen LogP contribution in [0.3, 0.4) is 0 Å². The van der Waals surface area contributed by atoms with E-state index in [2.05, 4.69) is 27.1 Å². The van der Waals surface area contributed by atoms with Gasteiger partial charge in [-0.25, -0.2) is 9.97 Å². The number of halogens is 5. The first-order valence-electron chi connectivity index (χ1n) is 10.4. The third-order valence-electron chi connectivity index (χ3n) is 5.27. The maximum Gasteiger partial charge on any atom is 0.417 e. The van der Waals surface area contributed by atoms with Gasteiger partial charge >= 0.3 is 6.18 Å². The second-order valence-corrected chi connectivity index (χ2v) is 9.07. The summed E-state index contributed by atoms with van der Waals surface area (Å²) in [6.45, 7) is 6.53. The largest absolute Gasteiger partial charge is 0.417 e. The molecule has 1 aliphatic heterocycles. The van der Waals surface area contributed by atoms with Crippen LogP contribution in [0.5, 0.6) is 0 Å². The van der Waals surface area contributed by atoms with E-state index in [1.54, 1.807) is 0 Å². The zero-order chi connectivity index (χ0) is 23.5. The Labute approximate surface area is 195 Å². The highest BCUT2D eigenvalue weighted by Crippen LogP contribution is 2.35. The minimum Gasteiger partial charge on any atom is -0.366 e. The van der Waals surface area contributed by atoms with E-state index in [1.165, 1.54) is 12.1 Å². The molecule has 0 saturated carbocycles. The molecule has 5 nitrogen and oxygen atoms in total. The van der Waals surface area contributed by atoms with Gasteiger partial charge in [0, 0.05) is 42.7 Å². The molecular weight excluding hydrogens is 464 g/mol. The highest BCUT2D eigenvalue weighted by molar-refractivity contribution is 6.31. The van der Waals surface area contributed by atoms with Gasteiger partial charge in [-0.05, 0) is 37.6 Å². The predicted molar refractivity (Wildman–Crippen MR) is 119 cm³/mol. The molecule has 2 unspecified atom stereocenters. The first kappa shape index (κ1) is 24.7. The maximum atomic E-state index is 12.9. The zero-order valence-electron chi connectivity index (χ0n) is 17.8. The molecule has 1 saturated heterocycles. The number of alkyl halides is 4. The number of nitrogens with zero attached hydrogens (tertiary/aromatic N) is 3. The molecule has 0 spiro atoms. The lowest BCUT2D eigenvalue weighted by Gasteiger charge is -2.35. The molecule has 1 aromatic carbocycles. The van der Waals surface area contributed by atoms with Crippen LogP contribution in [0.2, 0.25) is 5.02 Å². The van der Waals surface area contributed by atoms with E-state index in [0.29, 0.717) is 22.9 Å². The third kappa shape index (κ3) is 6.80. The fraction of sp³-hybridized carbons (Fsp3) is 0.500. The van der Waals surface area contributed by atoms with E-state index in [-0.39, 0.29) is 30.0 Å². The van der Waals surface area contributed by atoms with Crippen LogP contribution >= 0.6 is 23.2 Å². The molecule has 10 heteroatoms. The fourth-order valence-electron chi connectivity index (χ4n) is 3.84. The van der Waals surface area contributed by atoms with Crippen LogP contribution in [0.15, 0.2) is 24.3 Å². The topological polar surface area (TPSA) is 58.1 Å². The number of nitrogens with one attached hydrogen (secondary N) is 1. The van der Waals surface area contributed by atoms with E-state index in [1.807, 2.05) is 13.0 Å². The summed E-state index contributed by atoms with van der Waals surface area (Å²) in [5.41, 5.74) is 0.208. The van der Waals surface area contributed by atoms with E-state index in [0.717, 1.165) is 32.1 Å². The second-order valence-electron chi connectivity index (χ2n) is 8.04. The number of carbonyl (C=O) groups is 1. The van der Waals surface area contributed by atoms with Gasteiger partial charge in [-0.3, -0.25) is 4.79 Å². The Morgan fingerprint density at radius 3 is 2.62 bits per heavy atom. The summed E-state index contributed by atoms with van der Waals surface area (Å²) in [5, 5.41) is 3.03. The van der Waals surface area contributed by atoms with Gasteiger partial charge in [-0.2, -0.15) is 13.2 Å². The van der Waals surface area contributed by atoms with Crippen LogP contribution in [-0.2, 0) is 23.8 Å². The van der Waals surface area contributed by atoms with Crippen molar-refractivity contribution in [3.63, 3.8) is 0 Å². The molecule has 0 amide bonds. The quantitative estimate of drug-likeness (QED) is 0.560. The molecule has 1 N–H and O–H groups in total. The normalized spacial score (nSPS) is 19.7. The maximum absolute atomic E-state index is 12.9. The number of piperidine rings is 1. The van der Waals surface area contributed by atoms with Crippen molar-refractivity contribution in [3.05, 3.63) is 51.9 Å². The van der Waals surface area contributed by atoms with Crippen LogP contribution in [0.4, 0.5) is 19.0 Å². The van der Waals surface area contributed by atoms with Crippen LogP contribution < -0.4 is 5.32 Å². The number of aromatic nitrogens is 2. The first-order chi connectivity index (χ1) is 15.0. The number of likely N-dealkylation sites (tertiary alicyclic amines) is 1. The van der Waals surface area contributed by atoms with Gasteiger partial charge in [0.2, 0.25) is 0 Å². The summed E-state index contributed by atoms with van der Waals surface area (Å²) < 4.78 is 38.6. The second kappa shape index (κ2) is 10.4. The van der Waals surface area contributed by atoms with Crippen molar-refractivity contribution >= 4 is 34.8 Å². The predicted octanol–water partition coefficient (Wildman–Crippen LogP) is 4.93. The van der Waals surface area contributed by atoms with Crippen LogP contribution in [-0.4, -0.2) is 51.7 Å². The van der Waals surface area contributed by atoms with Crippen LogP contribution in [0.1, 0.15) is 36.0 Å². The highest BCUT2D eigenvalue weighted by atomic mass is 35.5. The molecule has 32 heavy (non-hydrogen) atoms. The Balaban J connectivity index is 1.65. The average molecular weight is 489 g/mol. The number of carbonyl (C=O) groups excluding carboxylic acids is 1. The van der Waals surface area contributed by atoms with Gasteiger partial charge < -0.3 is 10.2 Å². The summed E-state index contributed by atoms with van der Waals surface area (Å²) in [7, 11) is 0. The first-order valence-corrected chi connectivity index (χ1v) is 11.2. The van der Waals surface area contributed by atoms with E-state index in [4.69, 9.17) is 23.2 Å². The van der Waals surface area contributed by atoms with Gasteiger partial charge in [0.15, 0.2) is 0 Å². The molecule has 0 radical (unpaired) electrons. The molecule has 1 fully saturated rings. The Morgan fingerprint density at radius 2 is 1.97 bits per heavy atom. The number of aryl methyl sites for hydroxylation is 1. The van der Waals surface area contributed by atoms with Gasteiger partial charge in [0.25, 0.3) is 0 Å². The SMILES string of the molecule is CCN1CC(Cl)CC(Nc2cc(C)nc(CC(=O)Cc3ccc(C(F)(F)F)c(Cl)c3)n2)C1. The van der Waals surface area contributed by atoms with E-state index < -0.39 is 16.8 Å². The van der Waals surface area contributed by atoms with Crippen molar-refractivity contribution in [1.29, 1.82) is 0 Å². The fourth-order valence-corrected chi connectivity index (χ4v) is 4.56. The van der Waals surface area contributed by atoms with Crippen molar-refractivity contribution in [2.75, 3.05) is 25.0 Å². The Hall–Kier alpha value is -1.90.